The first-order valence-corrected chi connectivity index (χ1v) is 13.4. The Bertz CT molecular complexity index is 1320. The molecule has 0 aliphatic carbocycles. The maximum Gasteiger partial charge on any atom is 0.389 e. The van der Waals surface area contributed by atoms with Crippen molar-refractivity contribution in [3.63, 3.8) is 0 Å². The average molecular weight is 595 g/mol. The molecule has 0 saturated carbocycles. The number of hydrogen-bond acceptors (Lipinski definition) is 7. The fourth-order valence-electron chi connectivity index (χ4n) is 4.54. The van der Waals surface area contributed by atoms with E-state index in [9.17, 15) is 32.7 Å². The van der Waals surface area contributed by atoms with Crippen LogP contribution >= 0.6 is 0 Å². The summed E-state index contributed by atoms with van der Waals surface area (Å²) in [5.41, 5.74) is 0.694. The summed E-state index contributed by atoms with van der Waals surface area (Å²) in [7, 11) is 1.59. The summed E-state index contributed by atoms with van der Waals surface area (Å²) in [5.74, 6) is -0.339. The van der Waals surface area contributed by atoms with Crippen molar-refractivity contribution >= 4 is 29.2 Å². The fourth-order valence-corrected chi connectivity index (χ4v) is 4.54. The first-order chi connectivity index (χ1) is 19.8. The van der Waals surface area contributed by atoms with Gasteiger partial charge >= 0.3 is 12.2 Å². The van der Waals surface area contributed by atoms with Crippen molar-refractivity contribution in [1.82, 2.24) is 9.80 Å². The molecule has 0 saturated heterocycles. The highest BCUT2D eigenvalue weighted by Gasteiger charge is 2.34. The van der Waals surface area contributed by atoms with Gasteiger partial charge in [0, 0.05) is 43.4 Å². The van der Waals surface area contributed by atoms with E-state index in [0.717, 1.165) is 0 Å². The number of anilines is 2. The Morgan fingerprint density at radius 3 is 2.45 bits per heavy atom. The van der Waals surface area contributed by atoms with E-state index in [-0.39, 0.29) is 49.4 Å². The predicted octanol–water partition coefficient (Wildman–Crippen LogP) is 4.08. The number of likely N-dealkylation sites (N-methyl/N-ethyl adjacent to an activating group) is 1. The topological polar surface area (TPSA) is 130 Å². The Morgan fingerprint density at radius 1 is 1.10 bits per heavy atom. The molecular formula is C28H33F3N4O7. The lowest BCUT2D eigenvalue weighted by molar-refractivity contribution is -0.142. The van der Waals surface area contributed by atoms with Gasteiger partial charge in [-0.2, -0.15) is 13.2 Å². The third-order valence-corrected chi connectivity index (χ3v) is 7.01. The van der Waals surface area contributed by atoms with E-state index in [4.69, 9.17) is 14.2 Å². The molecule has 0 radical (unpaired) electrons. The molecule has 3 N–H and O–H groups in total. The highest BCUT2D eigenvalue weighted by Crippen LogP contribution is 2.35. The number of carbonyl (C=O) groups excluding carboxylic acids is 3. The van der Waals surface area contributed by atoms with Crippen LogP contribution in [0.15, 0.2) is 36.4 Å². The van der Waals surface area contributed by atoms with Crippen molar-refractivity contribution in [3.05, 3.63) is 42.0 Å². The van der Waals surface area contributed by atoms with Crippen LogP contribution in [0.3, 0.4) is 0 Å². The highest BCUT2D eigenvalue weighted by atomic mass is 19.4. The standard InChI is InChI=1S/C28H33F3N4O7/c1-16-12-35(17(2)14-36)26(38)20-10-18(32-25(37)8-9-28(29,30)31)4-6-21(20)42-24(16)13-34(3)27(39)33-19-5-7-22-23(11-19)41-15-40-22/h4-7,10-11,16-17,24,36H,8-9,12-15H2,1-3H3,(H,32,37)(H,33,39)/t16-,17+,24+/m1/s1. The van der Waals surface area contributed by atoms with E-state index in [0.29, 0.717) is 17.2 Å². The average Bonchev–Trinajstić information content (AvgIpc) is 3.41. The smallest absolute Gasteiger partial charge is 0.389 e. The van der Waals surface area contributed by atoms with Gasteiger partial charge in [-0.3, -0.25) is 9.59 Å². The van der Waals surface area contributed by atoms with Gasteiger partial charge in [0.15, 0.2) is 11.5 Å². The first kappa shape index (κ1) is 30.8. The number of rotatable bonds is 8. The van der Waals surface area contributed by atoms with E-state index in [1.807, 2.05) is 6.92 Å². The SMILES string of the molecule is C[C@@H]1CN([C@@H](C)CO)C(=O)c2cc(NC(=O)CCC(F)(F)F)ccc2O[C@H]1CN(C)C(=O)Nc1ccc2c(c1)OCO2. The molecule has 228 valence electrons. The van der Waals surface area contributed by atoms with E-state index < -0.39 is 49.0 Å². The molecule has 2 heterocycles. The quantitative estimate of drug-likeness (QED) is 0.420. The molecule has 11 nitrogen and oxygen atoms in total. The maximum absolute atomic E-state index is 13.5. The van der Waals surface area contributed by atoms with Crippen LogP contribution in [0, 0.1) is 5.92 Å². The molecular weight excluding hydrogens is 561 g/mol. The molecule has 4 rings (SSSR count). The summed E-state index contributed by atoms with van der Waals surface area (Å²) in [4.78, 5) is 41.5. The summed E-state index contributed by atoms with van der Waals surface area (Å²) in [6.45, 7) is 3.64. The van der Waals surface area contributed by atoms with Crippen LogP contribution in [0.1, 0.15) is 37.0 Å². The number of aliphatic hydroxyl groups excluding tert-OH is 1. The zero-order valence-corrected chi connectivity index (χ0v) is 23.4. The van der Waals surface area contributed by atoms with Crippen LogP contribution < -0.4 is 24.8 Å². The lowest BCUT2D eigenvalue weighted by Gasteiger charge is -2.38. The minimum Gasteiger partial charge on any atom is -0.487 e. The minimum atomic E-state index is -4.48. The summed E-state index contributed by atoms with van der Waals surface area (Å²) in [6, 6.07) is 8.26. The number of benzene rings is 2. The number of nitrogens with zero attached hydrogens (tertiary/aromatic N) is 2. The Labute approximate surface area is 240 Å². The summed E-state index contributed by atoms with van der Waals surface area (Å²) in [5, 5.41) is 15.0. The van der Waals surface area contributed by atoms with Gasteiger partial charge in [-0.25, -0.2) is 4.79 Å². The van der Waals surface area contributed by atoms with E-state index in [2.05, 4.69) is 10.6 Å². The lowest BCUT2D eigenvalue weighted by atomic mass is 9.99. The van der Waals surface area contributed by atoms with Crippen molar-refractivity contribution < 1.29 is 46.9 Å². The van der Waals surface area contributed by atoms with Gasteiger partial charge in [0.1, 0.15) is 11.9 Å². The van der Waals surface area contributed by atoms with Crippen molar-refractivity contribution in [2.75, 3.05) is 44.2 Å². The van der Waals surface area contributed by atoms with Crippen LogP contribution in [0.5, 0.6) is 17.2 Å². The molecule has 3 atom stereocenters. The van der Waals surface area contributed by atoms with E-state index in [1.54, 1.807) is 32.2 Å². The molecule has 14 heteroatoms. The summed E-state index contributed by atoms with van der Waals surface area (Å²) in [6.07, 6.45) is -7.11. The largest absolute Gasteiger partial charge is 0.487 e. The molecule has 0 fully saturated rings. The molecule has 0 aromatic heterocycles. The van der Waals surface area contributed by atoms with Crippen molar-refractivity contribution in [2.24, 2.45) is 5.92 Å². The second-order valence-electron chi connectivity index (χ2n) is 10.4. The minimum absolute atomic E-state index is 0.0632. The number of fused-ring (bicyclic) bond motifs is 2. The van der Waals surface area contributed by atoms with Gasteiger partial charge < -0.3 is 39.8 Å². The summed E-state index contributed by atoms with van der Waals surface area (Å²) < 4.78 is 54.5. The number of halogens is 3. The van der Waals surface area contributed by atoms with Gasteiger partial charge in [0.05, 0.1) is 31.2 Å². The number of nitrogens with one attached hydrogen (secondary N) is 2. The molecule has 0 spiro atoms. The van der Waals surface area contributed by atoms with Crippen LogP contribution in [-0.4, -0.2) is 84.6 Å². The van der Waals surface area contributed by atoms with Crippen LogP contribution in [0.25, 0.3) is 0 Å². The third-order valence-electron chi connectivity index (χ3n) is 7.01. The van der Waals surface area contributed by atoms with Gasteiger partial charge in [-0.15, -0.1) is 0 Å². The normalized spacial score (nSPS) is 18.7. The van der Waals surface area contributed by atoms with Crippen LogP contribution in [0.4, 0.5) is 29.3 Å². The first-order valence-electron chi connectivity index (χ1n) is 13.4. The molecule has 0 bridgehead atoms. The number of urea groups is 1. The number of carbonyl (C=O) groups is 3. The number of alkyl halides is 3. The van der Waals surface area contributed by atoms with E-state index >= 15 is 0 Å². The second kappa shape index (κ2) is 12.8. The maximum atomic E-state index is 13.5. The van der Waals surface area contributed by atoms with Crippen molar-refractivity contribution in [1.29, 1.82) is 0 Å². The molecule has 4 amide bonds. The number of aliphatic hydroxyl groups is 1. The van der Waals surface area contributed by atoms with Crippen LogP contribution in [0.2, 0.25) is 0 Å². The monoisotopic (exact) mass is 594 g/mol. The van der Waals surface area contributed by atoms with Gasteiger partial charge in [0.2, 0.25) is 12.7 Å². The molecule has 2 aliphatic heterocycles. The molecule has 2 aromatic carbocycles. The zero-order chi connectivity index (χ0) is 30.6. The Hall–Kier alpha value is -4.20. The number of amides is 4. The molecule has 2 aliphatic rings. The van der Waals surface area contributed by atoms with Gasteiger partial charge in [-0.1, -0.05) is 6.92 Å². The fraction of sp³-hybridized carbons (Fsp3) is 0.464. The van der Waals surface area contributed by atoms with Crippen LogP contribution in [-0.2, 0) is 4.79 Å². The zero-order valence-electron chi connectivity index (χ0n) is 23.4. The predicted molar refractivity (Wildman–Crippen MR) is 146 cm³/mol. The Morgan fingerprint density at radius 2 is 1.76 bits per heavy atom. The van der Waals surface area contributed by atoms with Crippen molar-refractivity contribution in [3.8, 4) is 17.2 Å². The molecule has 2 aromatic rings. The Balaban J connectivity index is 1.52. The van der Waals surface area contributed by atoms with Gasteiger partial charge in [0.25, 0.3) is 5.91 Å². The highest BCUT2D eigenvalue weighted by molar-refractivity contribution is 6.00. The number of hydrogen-bond donors (Lipinski definition) is 3. The number of ether oxygens (including phenoxy) is 3. The summed E-state index contributed by atoms with van der Waals surface area (Å²) >= 11 is 0. The second-order valence-corrected chi connectivity index (χ2v) is 10.4. The van der Waals surface area contributed by atoms with Crippen molar-refractivity contribution in [2.45, 2.75) is 45.0 Å². The third kappa shape index (κ3) is 7.55. The molecule has 42 heavy (non-hydrogen) atoms. The molecule has 0 unspecified atom stereocenters. The lowest BCUT2D eigenvalue weighted by Crippen LogP contribution is -2.50. The van der Waals surface area contributed by atoms with Gasteiger partial charge in [-0.05, 0) is 37.3 Å². The van der Waals surface area contributed by atoms with E-state index in [1.165, 1.54) is 28.0 Å². The Kier molecular flexibility index (Phi) is 9.34.